The molecule has 2 aromatic heterocycles. The smallest absolute Gasteiger partial charge is 0.222 e. The molecule has 0 bridgehead atoms. The highest BCUT2D eigenvalue weighted by molar-refractivity contribution is 5.78. The number of aryl methyl sites for hydroxylation is 1. The van der Waals surface area contributed by atoms with Gasteiger partial charge in [0.2, 0.25) is 5.91 Å². The van der Waals surface area contributed by atoms with Gasteiger partial charge < -0.3 is 15.3 Å². The van der Waals surface area contributed by atoms with Gasteiger partial charge in [0, 0.05) is 69.4 Å². The Labute approximate surface area is 141 Å². The van der Waals surface area contributed by atoms with Gasteiger partial charge in [-0.25, -0.2) is 0 Å². The molecule has 128 valence electrons. The molecule has 0 aliphatic carbocycles. The zero-order chi connectivity index (χ0) is 16.9. The quantitative estimate of drug-likeness (QED) is 0.775. The number of nitrogens with zero attached hydrogens (tertiary/aromatic N) is 4. The number of pyridine rings is 1. The number of aliphatic hydroxyl groups is 1. The maximum atomic E-state index is 11.6. The molecule has 7 heteroatoms. The minimum atomic E-state index is -0.562. The van der Waals surface area contributed by atoms with E-state index in [4.69, 9.17) is 0 Å². The van der Waals surface area contributed by atoms with Crippen molar-refractivity contribution < 1.29 is 9.90 Å². The van der Waals surface area contributed by atoms with Gasteiger partial charge in [0.05, 0.1) is 11.8 Å². The highest BCUT2D eigenvalue weighted by Crippen LogP contribution is 2.20. The first-order chi connectivity index (χ1) is 11.6. The summed E-state index contributed by atoms with van der Waals surface area (Å²) in [5, 5.41) is 17.9. The van der Waals surface area contributed by atoms with E-state index < -0.39 is 6.10 Å². The number of hydrogen-bond donors (Lipinski definition) is 2. The van der Waals surface area contributed by atoms with Crippen molar-refractivity contribution in [2.75, 3.05) is 19.6 Å². The molecule has 1 amide bonds. The van der Waals surface area contributed by atoms with Crippen molar-refractivity contribution >= 4 is 5.91 Å². The molecule has 1 aliphatic rings. The molecule has 1 fully saturated rings. The number of β-amino-alcohol motifs (C(OH)–C–C–N with tert-alkyl or cyclic N) is 1. The van der Waals surface area contributed by atoms with Crippen LogP contribution in [0.25, 0.3) is 11.3 Å². The van der Waals surface area contributed by atoms with Crippen molar-refractivity contribution in [1.82, 2.24) is 25.0 Å². The third kappa shape index (κ3) is 3.98. The number of aromatic nitrogens is 3. The number of nitrogens with one attached hydrogen (secondary N) is 1. The van der Waals surface area contributed by atoms with Gasteiger partial charge in [0.1, 0.15) is 0 Å². The number of hydrogen-bond acceptors (Lipinski definition) is 5. The largest absolute Gasteiger partial charge is 0.390 e. The first-order valence-corrected chi connectivity index (χ1v) is 8.23. The van der Waals surface area contributed by atoms with Crippen molar-refractivity contribution in [3.8, 4) is 11.3 Å². The summed E-state index contributed by atoms with van der Waals surface area (Å²) in [7, 11) is 1.89. The average molecular weight is 329 g/mol. The van der Waals surface area contributed by atoms with Crippen molar-refractivity contribution in [3.05, 3.63) is 36.3 Å². The first kappa shape index (κ1) is 16.6. The van der Waals surface area contributed by atoms with Crippen LogP contribution in [0.3, 0.4) is 0 Å². The lowest BCUT2D eigenvalue weighted by molar-refractivity contribution is -0.128. The minimum Gasteiger partial charge on any atom is -0.390 e. The topological polar surface area (TPSA) is 83.3 Å². The third-order valence-electron chi connectivity index (χ3n) is 4.16. The molecular weight excluding hydrogens is 306 g/mol. The van der Waals surface area contributed by atoms with Gasteiger partial charge in [0.15, 0.2) is 0 Å². The van der Waals surface area contributed by atoms with Crippen molar-refractivity contribution in [2.24, 2.45) is 7.05 Å². The number of likely N-dealkylation sites (tertiary alicyclic amines) is 1. The monoisotopic (exact) mass is 329 g/mol. The van der Waals surface area contributed by atoms with Gasteiger partial charge in [-0.1, -0.05) is 0 Å². The van der Waals surface area contributed by atoms with E-state index in [0.29, 0.717) is 26.1 Å². The number of amides is 1. The van der Waals surface area contributed by atoms with Crippen molar-refractivity contribution in [2.45, 2.75) is 25.5 Å². The Morgan fingerprint density at radius 1 is 1.38 bits per heavy atom. The first-order valence-electron chi connectivity index (χ1n) is 8.23. The lowest BCUT2D eigenvalue weighted by Gasteiger charge is -2.20. The molecule has 2 N–H and O–H groups in total. The Morgan fingerprint density at radius 2 is 2.17 bits per heavy atom. The molecule has 1 aliphatic heterocycles. The van der Waals surface area contributed by atoms with Gasteiger partial charge in [-0.3, -0.25) is 14.5 Å². The number of rotatable bonds is 7. The lowest BCUT2D eigenvalue weighted by Crippen LogP contribution is -2.38. The second-order valence-electron chi connectivity index (χ2n) is 6.14. The van der Waals surface area contributed by atoms with Gasteiger partial charge in [0.25, 0.3) is 0 Å². The van der Waals surface area contributed by atoms with Crippen LogP contribution in [-0.2, 0) is 18.4 Å². The van der Waals surface area contributed by atoms with E-state index in [9.17, 15) is 9.90 Å². The molecule has 3 heterocycles. The second kappa shape index (κ2) is 7.55. The second-order valence-corrected chi connectivity index (χ2v) is 6.14. The van der Waals surface area contributed by atoms with Crippen LogP contribution in [0, 0.1) is 0 Å². The summed E-state index contributed by atoms with van der Waals surface area (Å²) in [6.45, 7) is 2.20. The third-order valence-corrected chi connectivity index (χ3v) is 4.16. The van der Waals surface area contributed by atoms with E-state index in [1.165, 1.54) is 0 Å². The zero-order valence-corrected chi connectivity index (χ0v) is 13.9. The van der Waals surface area contributed by atoms with Crippen molar-refractivity contribution in [3.63, 3.8) is 0 Å². The number of carbonyl (C=O) groups excluding carboxylic acids is 1. The summed E-state index contributed by atoms with van der Waals surface area (Å²) in [5.41, 5.74) is 3.00. The maximum Gasteiger partial charge on any atom is 0.222 e. The number of aliphatic hydroxyl groups excluding tert-OH is 1. The molecular formula is C17H23N5O2. The fourth-order valence-electron chi connectivity index (χ4n) is 3.01. The van der Waals surface area contributed by atoms with Crippen LogP contribution in [0.15, 0.2) is 30.7 Å². The fourth-order valence-corrected chi connectivity index (χ4v) is 3.01. The maximum absolute atomic E-state index is 11.6. The van der Waals surface area contributed by atoms with E-state index in [1.807, 2.05) is 25.4 Å². The SMILES string of the molecule is Cn1cc(CNCC(O)CN2CCCC2=O)c(-c2ccncc2)n1. The summed E-state index contributed by atoms with van der Waals surface area (Å²) in [6, 6.07) is 3.86. The van der Waals surface area contributed by atoms with Gasteiger partial charge in [-0.05, 0) is 18.6 Å². The Morgan fingerprint density at radius 3 is 2.88 bits per heavy atom. The molecule has 1 saturated heterocycles. The summed E-state index contributed by atoms with van der Waals surface area (Å²) in [5.74, 6) is 0.140. The summed E-state index contributed by atoms with van der Waals surface area (Å²) < 4.78 is 1.78. The van der Waals surface area contributed by atoms with Crippen LogP contribution in [0.5, 0.6) is 0 Å². The highest BCUT2D eigenvalue weighted by atomic mass is 16.3. The van der Waals surface area contributed by atoms with Gasteiger partial charge >= 0.3 is 0 Å². The van der Waals surface area contributed by atoms with Crippen LogP contribution in [-0.4, -0.2) is 56.4 Å². The normalized spacial score (nSPS) is 15.9. The summed E-state index contributed by atoms with van der Waals surface area (Å²) in [4.78, 5) is 17.4. The fraction of sp³-hybridized carbons (Fsp3) is 0.471. The van der Waals surface area contributed by atoms with E-state index in [2.05, 4.69) is 15.4 Å². The van der Waals surface area contributed by atoms with E-state index in [-0.39, 0.29) is 5.91 Å². The Kier molecular flexibility index (Phi) is 5.22. The Bertz CT molecular complexity index is 686. The predicted molar refractivity (Wildman–Crippen MR) is 90.0 cm³/mol. The summed E-state index contributed by atoms with van der Waals surface area (Å²) >= 11 is 0. The molecule has 3 rings (SSSR count). The van der Waals surface area contributed by atoms with Crippen molar-refractivity contribution in [1.29, 1.82) is 0 Å². The standard InChI is InChI=1S/C17H23N5O2/c1-21-11-14(17(20-21)13-4-6-18-7-5-13)9-19-10-15(23)12-22-8-2-3-16(22)24/h4-7,11,15,19,23H,2-3,8-10,12H2,1H3. The molecule has 0 radical (unpaired) electrons. The van der Waals surface area contributed by atoms with E-state index >= 15 is 0 Å². The number of carbonyl (C=O) groups is 1. The van der Waals surface area contributed by atoms with Crippen LogP contribution >= 0.6 is 0 Å². The molecule has 1 atom stereocenters. The summed E-state index contributed by atoms with van der Waals surface area (Å²) in [6.07, 6.45) is 6.40. The van der Waals surface area contributed by atoms with Crippen LogP contribution < -0.4 is 5.32 Å². The van der Waals surface area contributed by atoms with Gasteiger partial charge in [-0.2, -0.15) is 5.10 Å². The molecule has 2 aromatic rings. The molecule has 0 spiro atoms. The molecule has 0 aromatic carbocycles. The van der Waals surface area contributed by atoms with Gasteiger partial charge in [-0.15, -0.1) is 0 Å². The lowest BCUT2D eigenvalue weighted by atomic mass is 10.1. The van der Waals surface area contributed by atoms with E-state index in [1.54, 1.807) is 22.0 Å². The Balaban J connectivity index is 1.54. The van der Waals surface area contributed by atoms with Crippen LogP contribution in [0.2, 0.25) is 0 Å². The Hall–Kier alpha value is -2.25. The highest BCUT2D eigenvalue weighted by Gasteiger charge is 2.22. The van der Waals surface area contributed by atoms with Crippen LogP contribution in [0.1, 0.15) is 18.4 Å². The van der Waals surface area contributed by atoms with E-state index in [0.717, 1.165) is 29.8 Å². The average Bonchev–Trinajstić information content (AvgIpc) is 3.14. The zero-order valence-electron chi connectivity index (χ0n) is 13.9. The van der Waals surface area contributed by atoms with Crippen LogP contribution in [0.4, 0.5) is 0 Å². The minimum absolute atomic E-state index is 0.140. The predicted octanol–water partition coefficient (Wildman–Crippen LogP) is 0.555. The molecule has 0 saturated carbocycles. The molecule has 7 nitrogen and oxygen atoms in total. The molecule has 24 heavy (non-hydrogen) atoms. The molecule has 1 unspecified atom stereocenters.